The highest BCUT2D eigenvalue weighted by Crippen LogP contribution is 2.38. The Kier molecular flexibility index (Phi) is 7.89. The molecule has 0 spiro atoms. The minimum absolute atomic E-state index is 0.0771. The van der Waals surface area contributed by atoms with Crippen molar-refractivity contribution in [3.05, 3.63) is 58.3 Å². The smallest absolute Gasteiger partial charge is 0.299 e. The summed E-state index contributed by atoms with van der Waals surface area (Å²) in [5.74, 6) is -2.68. The molecule has 1 unspecified atom stereocenters. The second-order valence-electron chi connectivity index (χ2n) is 9.38. The summed E-state index contributed by atoms with van der Waals surface area (Å²) in [6.45, 7) is 7.60. The van der Waals surface area contributed by atoms with Gasteiger partial charge in [0.1, 0.15) is 17.5 Å². The predicted molar refractivity (Wildman–Crippen MR) is 126 cm³/mol. The number of hydrogen-bond donors (Lipinski definition) is 0. The van der Waals surface area contributed by atoms with E-state index in [4.69, 9.17) is 0 Å². The molecular formula is C26H30F3NO4S. The van der Waals surface area contributed by atoms with Crippen LogP contribution in [-0.2, 0) is 38.4 Å². The molecule has 1 fully saturated rings. The van der Waals surface area contributed by atoms with Gasteiger partial charge in [-0.05, 0) is 60.4 Å². The van der Waals surface area contributed by atoms with E-state index in [-0.39, 0.29) is 24.4 Å². The van der Waals surface area contributed by atoms with E-state index in [0.29, 0.717) is 25.1 Å². The summed E-state index contributed by atoms with van der Waals surface area (Å²) in [5, 5.41) is -0.455. The summed E-state index contributed by atoms with van der Waals surface area (Å²) >= 11 is 0. The van der Waals surface area contributed by atoms with Crippen molar-refractivity contribution >= 4 is 21.4 Å². The molecule has 0 N–H and O–H groups in total. The van der Waals surface area contributed by atoms with Crippen LogP contribution in [0.15, 0.2) is 35.5 Å². The number of carbonyl (C=O) groups excluding carboxylic acids is 2. The summed E-state index contributed by atoms with van der Waals surface area (Å²) < 4.78 is 63.8. The van der Waals surface area contributed by atoms with Crippen molar-refractivity contribution in [2.45, 2.75) is 70.5 Å². The molecule has 0 bridgehead atoms. The van der Waals surface area contributed by atoms with Gasteiger partial charge in [0.05, 0.1) is 11.3 Å². The summed E-state index contributed by atoms with van der Waals surface area (Å²) in [6, 6.07) is 5.54. The zero-order valence-electron chi connectivity index (χ0n) is 20.3. The molecule has 2 aromatic rings. The highest BCUT2D eigenvalue weighted by molar-refractivity contribution is 7.91. The van der Waals surface area contributed by atoms with Crippen molar-refractivity contribution in [3.63, 3.8) is 0 Å². The van der Waals surface area contributed by atoms with Gasteiger partial charge in [-0.3, -0.25) is 9.59 Å². The summed E-state index contributed by atoms with van der Waals surface area (Å²) in [5.41, 5.74) is 2.80. The lowest BCUT2D eigenvalue weighted by Crippen LogP contribution is -2.37. The van der Waals surface area contributed by atoms with Crippen molar-refractivity contribution in [2.24, 2.45) is 11.8 Å². The zero-order valence-corrected chi connectivity index (χ0v) is 21.1. The molecule has 1 aromatic heterocycles. The van der Waals surface area contributed by atoms with Crippen LogP contribution in [0.25, 0.3) is 0 Å². The first-order valence-corrected chi connectivity index (χ1v) is 13.4. The van der Waals surface area contributed by atoms with Crippen LogP contribution in [0.1, 0.15) is 67.3 Å². The Bertz CT molecular complexity index is 1180. The Morgan fingerprint density at radius 3 is 2.00 bits per heavy atom. The average molecular weight is 510 g/mol. The Labute approximate surface area is 204 Å². The number of ketones is 2. The zero-order chi connectivity index (χ0) is 26.1. The lowest BCUT2D eigenvalue weighted by molar-refractivity contribution is -0.138. The van der Waals surface area contributed by atoms with Gasteiger partial charge in [0.25, 0.3) is 0 Å². The topological polar surface area (TPSA) is 81.2 Å². The SMILES string of the molecule is CCc1cc(C)cc(CC)c1C1C(=O)CC(C(C)CS(=O)(=O)c2ccc(C(F)(F)F)cn2)CC1=O. The third-order valence-corrected chi connectivity index (χ3v) is 8.63. The van der Waals surface area contributed by atoms with Crippen LogP contribution >= 0.6 is 0 Å². The number of hydrogen-bond acceptors (Lipinski definition) is 5. The standard InChI is InChI=1S/C26H30F3NO4S/c1-5-17-9-15(3)10-18(6-2)24(17)25-21(31)11-19(12-22(25)32)16(4)14-35(33,34)23-8-7-20(13-30-23)26(27,28)29/h7-10,13,16,19,25H,5-6,11-12,14H2,1-4H3. The first-order valence-electron chi connectivity index (χ1n) is 11.7. The van der Waals surface area contributed by atoms with Crippen LogP contribution in [0.2, 0.25) is 0 Å². The summed E-state index contributed by atoms with van der Waals surface area (Å²) in [6.07, 6.45) is -2.58. The molecule has 1 aromatic carbocycles. The van der Waals surface area contributed by atoms with Crippen molar-refractivity contribution in [3.8, 4) is 0 Å². The van der Waals surface area contributed by atoms with Gasteiger partial charge in [-0.15, -0.1) is 0 Å². The molecule has 1 aliphatic carbocycles. The summed E-state index contributed by atoms with van der Waals surface area (Å²) in [7, 11) is -4.00. The number of pyridine rings is 1. The van der Waals surface area contributed by atoms with E-state index >= 15 is 0 Å². The quantitative estimate of drug-likeness (QED) is 0.475. The van der Waals surface area contributed by atoms with Gasteiger partial charge >= 0.3 is 6.18 Å². The molecule has 0 aliphatic heterocycles. The van der Waals surface area contributed by atoms with Gasteiger partial charge in [-0.25, -0.2) is 13.4 Å². The molecule has 0 radical (unpaired) electrons. The number of aryl methyl sites for hydroxylation is 3. The van der Waals surface area contributed by atoms with Gasteiger partial charge in [0, 0.05) is 19.0 Å². The second-order valence-corrected chi connectivity index (χ2v) is 11.4. The fourth-order valence-corrected chi connectivity index (χ4v) is 6.56. The fraction of sp³-hybridized carbons (Fsp3) is 0.500. The van der Waals surface area contributed by atoms with Crippen LogP contribution in [0.3, 0.4) is 0 Å². The maximum Gasteiger partial charge on any atom is 0.417 e. The number of carbonyl (C=O) groups is 2. The van der Waals surface area contributed by atoms with Gasteiger partial charge in [-0.1, -0.05) is 38.5 Å². The molecule has 3 rings (SSSR count). The van der Waals surface area contributed by atoms with Crippen molar-refractivity contribution < 1.29 is 31.2 Å². The van der Waals surface area contributed by atoms with E-state index in [2.05, 4.69) is 4.98 Å². The molecular weight excluding hydrogens is 479 g/mol. The van der Waals surface area contributed by atoms with Crippen LogP contribution in [0, 0.1) is 18.8 Å². The molecule has 190 valence electrons. The van der Waals surface area contributed by atoms with E-state index in [9.17, 15) is 31.2 Å². The lowest BCUT2D eigenvalue weighted by Gasteiger charge is -2.32. The van der Waals surface area contributed by atoms with Crippen molar-refractivity contribution in [2.75, 3.05) is 5.75 Å². The Morgan fingerprint density at radius 1 is 1.03 bits per heavy atom. The number of aromatic nitrogens is 1. The number of Topliss-reactive ketones (excluding diaryl/α,β-unsaturated/α-hetero) is 2. The number of benzene rings is 1. The van der Waals surface area contributed by atoms with E-state index in [1.165, 1.54) is 0 Å². The second kappa shape index (κ2) is 10.2. The molecule has 1 saturated carbocycles. The minimum atomic E-state index is -4.62. The molecule has 1 aliphatic rings. The van der Waals surface area contributed by atoms with Crippen LogP contribution in [-0.4, -0.2) is 30.7 Å². The Balaban J connectivity index is 1.79. The average Bonchev–Trinajstić information content (AvgIpc) is 2.78. The van der Waals surface area contributed by atoms with E-state index < -0.39 is 50.1 Å². The molecule has 0 amide bonds. The van der Waals surface area contributed by atoms with Gasteiger partial charge in [0.2, 0.25) is 0 Å². The van der Waals surface area contributed by atoms with E-state index in [1.54, 1.807) is 6.92 Å². The molecule has 9 heteroatoms. The van der Waals surface area contributed by atoms with E-state index in [1.807, 2.05) is 32.9 Å². The fourth-order valence-electron chi connectivity index (χ4n) is 4.94. The predicted octanol–water partition coefficient (Wildman–Crippen LogP) is 5.28. The molecule has 1 heterocycles. The van der Waals surface area contributed by atoms with E-state index in [0.717, 1.165) is 28.3 Å². The first-order chi connectivity index (χ1) is 16.3. The molecule has 5 nitrogen and oxygen atoms in total. The monoisotopic (exact) mass is 509 g/mol. The number of alkyl halides is 3. The maximum absolute atomic E-state index is 13.2. The Hall–Kier alpha value is -2.55. The lowest BCUT2D eigenvalue weighted by atomic mass is 9.70. The number of sulfone groups is 1. The van der Waals surface area contributed by atoms with Crippen molar-refractivity contribution in [1.82, 2.24) is 4.98 Å². The molecule has 35 heavy (non-hydrogen) atoms. The number of nitrogens with zero attached hydrogens (tertiary/aromatic N) is 1. The minimum Gasteiger partial charge on any atom is -0.299 e. The third kappa shape index (κ3) is 5.82. The highest BCUT2D eigenvalue weighted by Gasteiger charge is 2.41. The van der Waals surface area contributed by atoms with Crippen LogP contribution in [0.4, 0.5) is 13.2 Å². The highest BCUT2D eigenvalue weighted by atomic mass is 32.2. The van der Waals surface area contributed by atoms with Crippen LogP contribution < -0.4 is 0 Å². The van der Waals surface area contributed by atoms with Gasteiger partial charge in [0.15, 0.2) is 14.9 Å². The van der Waals surface area contributed by atoms with Crippen LogP contribution in [0.5, 0.6) is 0 Å². The first kappa shape index (κ1) is 27.0. The largest absolute Gasteiger partial charge is 0.417 e. The normalized spacial score (nSPS) is 20.2. The third-order valence-electron chi connectivity index (χ3n) is 6.79. The maximum atomic E-state index is 13.2. The van der Waals surface area contributed by atoms with Crippen molar-refractivity contribution in [1.29, 1.82) is 0 Å². The Morgan fingerprint density at radius 2 is 1.57 bits per heavy atom. The number of halogens is 3. The van der Waals surface area contributed by atoms with Gasteiger partial charge < -0.3 is 0 Å². The molecule has 1 atom stereocenters. The summed E-state index contributed by atoms with van der Waals surface area (Å²) in [4.78, 5) is 29.9. The molecule has 0 saturated heterocycles. The number of rotatable bonds is 7. The van der Waals surface area contributed by atoms with Gasteiger partial charge in [-0.2, -0.15) is 13.2 Å².